The Morgan fingerprint density at radius 1 is 1.12 bits per heavy atom. The highest BCUT2D eigenvalue weighted by Gasteiger charge is 2.25. The molecule has 0 bridgehead atoms. The molecule has 0 aromatic heterocycles. The summed E-state index contributed by atoms with van der Waals surface area (Å²) in [6, 6.07) is 1.15. The molecule has 4 nitrogen and oxygen atoms in total. The van der Waals surface area contributed by atoms with Crippen molar-refractivity contribution in [2.75, 3.05) is 33.7 Å². The molecule has 0 aliphatic carbocycles. The van der Waals surface area contributed by atoms with Crippen LogP contribution in [0.2, 0.25) is 0 Å². The molecule has 2 heterocycles. The van der Waals surface area contributed by atoms with Crippen LogP contribution in [0.25, 0.3) is 0 Å². The number of hydrogen-bond donors (Lipinski definition) is 1. The summed E-state index contributed by atoms with van der Waals surface area (Å²) in [5, 5.41) is 3.75. The molecule has 0 aromatic rings. The third-order valence-corrected chi connectivity index (χ3v) is 4.05. The van der Waals surface area contributed by atoms with E-state index >= 15 is 0 Å². The maximum Gasteiger partial charge on any atom is 0.222 e. The van der Waals surface area contributed by atoms with E-state index < -0.39 is 0 Å². The molecule has 0 radical (unpaired) electrons. The lowest BCUT2D eigenvalue weighted by molar-refractivity contribution is -0.132. The van der Waals surface area contributed by atoms with Gasteiger partial charge in [0.1, 0.15) is 0 Å². The van der Waals surface area contributed by atoms with Gasteiger partial charge in [0.15, 0.2) is 0 Å². The highest BCUT2D eigenvalue weighted by molar-refractivity contribution is 5.76. The molecule has 1 N–H and O–H groups in total. The van der Waals surface area contributed by atoms with E-state index in [-0.39, 0.29) is 0 Å². The maximum atomic E-state index is 11.4. The van der Waals surface area contributed by atoms with E-state index in [1.807, 2.05) is 11.9 Å². The number of likely N-dealkylation sites (N-methyl/N-ethyl adjacent to an activating group) is 1. The summed E-state index contributed by atoms with van der Waals surface area (Å²) in [7, 11) is 4.12. The Kier molecular flexibility index (Phi) is 4.40. The number of nitrogens with zero attached hydrogens (tertiary/aromatic N) is 2. The van der Waals surface area contributed by atoms with E-state index in [9.17, 15) is 4.79 Å². The summed E-state index contributed by atoms with van der Waals surface area (Å²) in [5.74, 6) is 0.295. The maximum absolute atomic E-state index is 11.4. The number of amides is 1. The molecule has 2 aliphatic rings. The van der Waals surface area contributed by atoms with Crippen LogP contribution in [0.3, 0.4) is 0 Å². The average molecular weight is 239 g/mol. The summed E-state index contributed by atoms with van der Waals surface area (Å²) < 4.78 is 0. The monoisotopic (exact) mass is 239 g/mol. The molecule has 0 saturated carbocycles. The molecule has 2 unspecified atom stereocenters. The molecule has 2 aliphatic heterocycles. The predicted molar refractivity (Wildman–Crippen MR) is 68.9 cm³/mol. The number of rotatable bonds is 2. The second kappa shape index (κ2) is 5.83. The Morgan fingerprint density at radius 2 is 1.94 bits per heavy atom. The van der Waals surface area contributed by atoms with Gasteiger partial charge in [0.05, 0.1) is 0 Å². The van der Waals surface area contributed by atoms with Crippen LogP contribution in [0.5, 0.6) is 0 Å². The summed E-state index contributed by atoms with van der Waals surface area (Å²) in [5.41, 5.74) is 0. The van der Waals surface area contributed by atoms with Crippen molar-refractivity contribution in [1.82, 2.24) is 15.1 Å². The fourth-order valence-corrected chi connectivity index (χ4v) is 2.89. The second-order valence-corrected chi connectivity index (χ2v) is 5.61. The molecule has 98 valence electrons. The van der Waals surface area contributed by atoms with Crippen LogP contribution in [-0.2, 0) is 4.79 Å². The number of carbonyl (C=O) groups is 1. The molecule has 4 heteroatoms. The van der Waals surface area contributed by atoms with Crippen LogP contribution in [0.4, 0.5) is 0 Å². The molecule has 2 fully saturated rings. The Balaban J connectivity index is 1.78. The van der Waals surface area contributed by atoms with Crippen LogP contribution in [0.1, 0.15) is 32.1 Å². The van der Waals surface area contributed by atoms with E-state index in [2.05, 4.69) is 17.3 Å². The third kappa shape index (κ3) is 3.68. The van der Waals surface area contributed by atoms with Crippen molar-refractivity contribution in [1.29, 1.82) is 0 Å². The smallest absolute Gasteiger partial charge is 0.222 e. The van der Waals surface area contributed by atoms with Gasteiger partial charge in [-0.25, -0.2) is 0 Å². The fourth-order valence-electron chi connectivity index (χ4n) is 2.89. The number of piperidine rings is 1. The molecule has 2 saturated heterocycles. The van der Waals surface area contributed by atoms with Gasteiger partial charge in [-0.05, 0) is 45.8 Å². The lowest BCUT2D eigenvalue weighted by Gasteiger charge is -2.33. The molecule has 17 heavy (non-hydrogen) atoms. The first-order valence-electron chi connectivity index (χ1n) is 6.83. The number of carbonyl (C=O) groups excluding carboxylic acids is 1. The van der Waals surface area contributed by atoms with E-state index in [0.717, 1.165) is 13.0 Å². The van der Waals surface area contributed by atoms with Gasteiger partial charge < -0.3 is 15.1 Å². The van der Waals surface area contributed by atoms with Crippen molar-refractivity contribution in [3.8, 4) is 0 Å². The zero-order chi connectivity index (χ0) is 12.3. The van der Waals surface area contributed by atoms with Crippen LogP contribution in [0.15, 0.2) is 0 Å². The first kappa shape index (κ1) is 12.8. The van der Waals surface area contributed by atoms with Crippen LogP contribution < -0.4 is 5.32 Å². The van der Waals surface area contributed by atoms with Gasteiger partial charge >= 0.3 is 0 Å². The lowest BCUT2D eigenvalue weighted by atomic mass is 10.0. The van der Waals surface area contributed by atoms with Gasteiger partial charge in [0.25, 0.3) is 0 Å². The second-order valence-electron chi connectivity index (χ2n) is 5.61. The van der Waals surface area contributed by atoms with Gasteiger partial charge in [0.2, 0.25) is 5.91 Å². The Hall–Kier alpha value is -0.610. The molecule has 0 aromatic carbocycles. The Bertz CT molecular complexity index is 269. The van der Waals surface area contributed by atoms with Crippen molar-refractivity contribution in [3.05, 3.63) is 0 Å². The minimum atomic E-state index is 0.295. The first-order chi connectivity index (χ1) is 8.15. The Labute approximate surface area is 104 Å². The molecular formula is C13H25N3O. The zero-order valence-electron chi connectivity index (χ0n) is 11.1. The van der Waals surface area contributed by atoms with Crippen molar-refractivity contribution < 1.29 is 4.79 Å². The van der Waals surface area contributed by atoms with E-state index in [4.69, 9.17) is 0 Å². The number of nitrogens with one attached hydrogen (secondary N) is 1. The number of hydrogen-bond acceptors (Lipinski definition) is 3. The highest BCUT2D eigenvalue weighted by atomic mass is 16.2. The summed E-state index contributed by atoms with van der Waals surface area (Å²) in [4.78, 5) is 15.7. The van der Waals surface area contributed by atoms with Crippen molar-refractivity contribution in [2.24, 2.45) is 0 Å². The fraction of sp³-hybridized carbons (Fsp3) is 0.923. The topological polar surface area (TPSA) is 35.6 Å². The Morgan fingerprint density at radius 3 is 2.71 bits per heavy atom. The minimum Gasteiger partial charge on any atom is -0.344 e. The average Bonchev–Trinajstić information content (AvgIpc) is 2.49. The normalized spacial score (nSPS) is 32.6. The molecule has 1 amide bonds. The zero-order valence-corrected chi connectivity index (χ0v) is 11.1. The highest BCUT2D eigenvalue weighted by Crippen LogP contribution is 2.15. The summed E-state index contributed by atoms with van der Waals surface area (Å²) >= 11 is 0. The molecule has 2 rings (SSSR count). The SMILES string of the molecule is CN1CCCC(NC2CCC(=O)N(C)C2)CC1. The quantitative estimate of drug-likeness (QED) is 0.770. The third-order valence-electron chi connectivity index (χ3n) is 4.05. The van der Waals surface area contributed by atoms with Crippen molar-refractivity contribution >= 4 is 5.91 Å². The largest absolute Gasteiger partial charge is 0.344 e. The van der Waals surface area contributed by atoms with Gasteiger partial charge in [0, 0.05) is 32.1 Å². The van der Waals surface area contributed by atoms with E-state index in [1.165, 1.54) is 32.4 Å². The summed E-state index contributed by atoms with van der Waals surface area (Å²) in [6.45, 7) is 3.30. The van der Waals surface area contributed by atoms with Crippen LogP contribution >= 0.6 is 0 Å². The van der Waals surface area contributed by atoms with Gasteiger partial charge in [-0.3, -0.25) is 4.79 Å². The predicted octanol–water partition coefficient (Wildman–Crippen LogP) is 0.681. The van der Waals surface area contributed by atoms with Crippen molar-refractivity contribution in [2.45, 2.75) is 44.2 Å². The minimum absolute atomic E-state index is 0.295. The van der Waals surface area contributed by atoms with E-state index in [0.29, 0.717) is 24.4 Å². The lowest BCUT2D eigenvalue weighted by Crippen LogP contribution is -2.49. The van der Waals surface area contributed by atoms with Gasteiger partial charge in [-0.1, -0.05) is 0 Å². The van der Waals surface area contributed by atoms with Gasteiger partial charge in [-0.15, -0.1) is 0 Å². The van der Waals surface area contributed by atoms with E-state index in [1.54, 1.807) is 0 Å². The van der Waals surface area contributed by atoms with Crippen molar-refractivity contribution in [3.63, 3.8) is 0 Å². The number of likely N-dealkylation sites (tertiary alicyclic amines) is 2. The molecular weight excluding hydrogens is 214 g/mol. The standard InChI is InChI=1S/C13H25N3O/c1-15-8-3-4-11(7-9-15)14-12-5-6-13(17)16(2)10-12/h11-12,14H,3-10H2,1-2H3. The summed E-state index contributed by atoms with van der Waals surface area (Å²) in [6.07, 6.45) is 5.52. The van der Waals surface area contributed by atoms with Crippen LogP contribution in [-0.4, -0.2) is 61.5 Å². The van der Waals surface area contributed by atoms with Gasteiger partial charge in [-0.2, -0.15) is 0 Å². The molecule has 2 atom stereocenters. The first-order valence-corrected chi connectivity index (χ1v) is 6.83. The van der Waals surface area contributed by atoms with Crippen LogP contribution in [0, 0.1) is 0 Å². The molecule has 0 spiro atoms.